The molecule has 2 atom stereocenters. The van der Waals surface area contributed by atoms with E-state index in [1.807, 2.05) is 0 Å². The van der Waals surface area contributed by atoms with Gasteiger partial charge in [-0.25, -0.2) is 8.42 Å². The predicted octanol–water partition coefficient (Wildman–Crippen LogP) is -1.17. The molecule has 8 heteroatoms. The normalized spacial score (nSPS) is 30.9. The molecule has 0 aromatic heterocycles. The molecule has 0 aromatic rings. The summed E-state index contributed by atoms with van der Waals surface area (Å²) >= 11 is 0. The van der Waals surface area contributed by atoms with Gasteiger partial charge in [-0.15, -0.1) is 0 Å². The number of nitrogens with one attached hydrogen (secondary N) is 1. The van der Waals surface area contributed by atoms with Gasteiger partial charge in [-0.1, -0.05) is 6.42 Å². The number of imide groups is 1. The highest BCUT2D eigenvalue weighted by Crippen LogP contribution is 2.22. The Balaban J connectivity index is 2.23. The minimum atomic E-state index is -3.46. The number of hydrogen-bond acceptors (Lipinski definition) is 5. The lowest BCUT2D eigenvalue weighted by molar-refractivity contribution is -0.149. The van der Waals surface area contributed by atoms with Crippen LogP contribution in [-0.2, 0) is 24.2 Å². The van der Waals surface area contributed by atoms with Crippen molar-refractivity contribution >= 4 is 27.6 Å². The van der Waals surface area contributed by atoms with Crippen molar-refractivity contribution in [3.8, 4) is 0 Å². The van der Waals surface area contributed by atoms with Crippen LogP contribution in [0.4, 0.5) is 0 Å². The second-order valence-electron chi connectivity index (χ2n) is 4.91. The first kappa shape index (κ1) is 14.0. The van der Waals surface area contributed by atoms with Gasteiger partial charge in [-0.2, -0.15) is 0 Å². The molecule has 0 spiro atoms. The molecule has 2 unspecified atom stereocenters. The zero-order valence-corrected chi connectivity index (χ0v) is 11.4. The Morgan fingerprint density at radius 3 is 2.63 bits per heavy atom. The number of rotatable bonds is 1. The van der Waals surface area contributed by atoms with Crippen LogP contribution in [0.3, 0.4) is 0 Å². The van der Waals surface area contributed by atoms with Crippen molar-refractivity contribution in [3.05, 3.63) is 0 Å². The van der Waals surface area contributed by atoms with Gasteiger partial charge in [0.25, 0.3) is 0 Å². The van der Waals surface area contributed by atoms with Gasteiger partial charge < -0.3 is 4.90 Å². The van der Waals surface area contributed by atoms with Crippen LogP contribution in [0.15, 0.2) is 0 Å². The quantitative estimate of drug-likeness (QED) is 0.613. The van der Waals surface area contributed by atoms with E-state index in [1.54, 1.807) is 0 Å². The number of amides is 3. The third-order valence-corrected chi connectivity index (χ3v) is 5.72. The molecule has 0 radical (unpaired) electrons. The minimum absolute atomic E-state index is 0.00816. The first-order valence-electron chi connectivity index (χ1n) is 6.18. The third-order valence-electron chi connectivity index (χ3n) is 3.56. The molecule has 2 aliphatic rings. The summed E-state index contributed by atoms with van der Waals surface area (Å²) in [4.78, 5) is 36.1. The van der Waals surface area contributed by atoms with Crippen LogP contribution in [0, 0.1) is 0 Å². The highest BCUT2D eigenvalue weighted by atomic mass is 32.2. The molecule has 106 valence electrons. The van der Waals surface area contributed by atoms with Crippen molar-refractivity contribution in [2.24, 2.45) is 0 Å². The zero-order chi connectivity index (χ0) is 14.2. The molecule has 0 bridgehead atoms. The van der Waals surface area contributed by atoms with E-state index in [-0.39, 0.29) is 18.7 Å². The van der Waals surface area contributed by atoms with E-state index in [4.69, 9.17) is 0 Å². The highest BCUT2D eigenvalue weighted by Gasteiger charge is 2.42. The van der Waals surface area contributed by atoms with Gasteiger partial charge in [0.1, 0.15) is 17.8 Å². The van der Waals surface area contributed by atoms with Crippen LogP contribution in [0.25, 0.3) is 0 Å². The van der Waals surface area contributed by atoms with Crippen molar-refractivity contribution in [1.82, 2.24) is 10.2 Å². The lowest BCUT2D eigenvalue weighted by atomic mass is 10.1. The molecule has 7 nitrogen and oxygen atoms in total. The van der Waals surface area contributed by atoms with Crippen LogP contribution < -0.4 is 5.32 Å². The number of piperazine rings is 1. The molecule has 2 saturated heterocycles. The number of sulfone groups is 1. The summed E-state index contributed by atoms with van der Waals surface area (Å²) in [5.74, 6) is -1.79. The van der Waals surface area contributed by atoms with E-state index in [0.717, 1.165) is 4.90 Å². The Labute approximate surface area is 111 Å². The van der Waals surface area contributed by atoms with Crippen molar-refractivity contribution < 1.29 is 22.8 Å². The lowest BCUT2D eigenvalue weighted by Gasteiger charge is -2.34. The Kier molecular flexibility index (Phi) is 3.62. The number of nitrogens with zero attached hydrogens (tertiary/aromatic N) is 1. The Hall–Kier alpha value is -1.44. The van der Waals surface area contributed by atoms with Gasteiger partial charge in [-0.3, -0.25) is 19.7 Å². The second-order valence-corrected chi connectivity index (χ2v) is 7.21. The van der Waals surface area contributed by atoms with E-state index in [9.17, 15) is 22.8 Å². The maximum Gasteiger partial charge on any atom is 0.249 e. The maximum atomic E-state index is 12.3. The zero-order valence-electron chi connectivity index (χ0n) is 10.6. The first-order chi connectivity index (χ1) is 8.83. The Morgan fingerprint density at radius 1 is 1.32 bits per heavy atom. The van der Waals surface area contributed by atoms with E-state index in [2.05, 4.69) is 5.32 Å². The SMILES string of the molecule is CC1C(=O)NC(=O)CN1C(=O)C1CCCCS1(=O)=O. The molecule has 19 heavy (non-hydrogen) atoms. The second kappa shape index (κ2) is 4.92. The molecule has 2 fully saturated rings. The molecule has 0 saturated carbocycles. The summed E-state index contributed by atoms with van der Waals surface area (Å²) < 4.78 is 23.8. The molecule has 2 rings (SSSR count). The number of carbonyl (C=O) groups is 3. The van der Waals surface area contributed by atoms with Gasteiger partial charge in [0.15, 0.2) is 9.84 Å². The number of hydrogen-bond donors (Lipinski definition) is 1. The van der Waals surface area contributed by atoms with Gasteiger partial charge >= 0.3 is 0 Å². The molecule has 3 amide bonds. The molecule has 2 heterocycles. The summed E-state index contributed by atoms with van der Waals surface area (Å²) in [6.07, 6.45) is 1.49. The largest absolute Gasteiger partial charge is 0.320 e. The third kappa shape index (κ3) is 2.63. The summed E-state index contributed by atoms with van der Waals surface area (Å²) in [5, 5.41) is 1.01. The predicted molar refractivity (Wildman–Crippen MR) is 65.8 cm³/mol. The van der Waals surface area contributed by atoms with Gasteiger partial charge in [-0.05, 0) is 19.8 Å². The Morgan fingerprint density at radius 2 is 2.00 bits per heavy atom. The van der Waals surface area contributed by atoms with E-state index in [1.165, 1.54) is 6.92 Å². The molecule has 0 aromatic carbocycles. The minimum Gasteiger partial charge on any atom is -0.320 e. The Bertz CT molecular complexity index is 527. The average molecular weight is 288 g/mol. The van der Waals surface area contributed by atoms with Crippen molar-refractivity contribution in [1.29, 1.82) is 0 Å². The fraction of sp³-hybridized carbons (Fsp3) is 0.727. The van der Waals surface area contributed by atoms with Crippen LogP contribution in [-0.4, -0.2) is 54.6 Å². The van der Waals surface area contributed by atoms with E-state index >= 15 is 0 Å². The van der Waals surface area contributed by atoms with Crippen LogP contribution in [0.5, 0.6) is 0 Å². The van der Waals surface area contributed by atoms with E-state index < -0.39 is 38.9 Å². The first-order valence-corrected chi connectivity index (χ1v) is 7.90. The van der Waals surface area contributed by atoms with Crippen molar-refractivity contribution in [2.45, 2.75) is 37.5 Å². The summed E-state index contributed by atoms with van der Waals surface area (Å²) in [6, 6.07) is -0.817. The smallest absolute Gasteiger partial charge is 0.249 e. The summed E-state index contributed by atoms with van der Waals surface area (Å²) in [6.45, 7) is 1.22. The van der Waals surface area contributed by atoms with E-state index in [0.29, 0.717) is 12.8 Å². The lowest BCUT2D eigenvalue weighted by Crippen LogP contribution is -2.61. The van der Waals surface area contributed by atoms with Crippen LogP contribution >= 0.6 is 0 Å². The van der Waals surface area contributed by atoms with Gasteiger partial charge in [0, 0.05) is 0 Å². The fourth-order valence-corrected chi connectivity index (χ4v) is 4.26. The molecule has 2 aliphatic heterocycles. The van der Waals surface area contributed by atoms with Gasteiger partial charge in [0.2, 0.25) is 17.7 Å². The van der Waals surface area contributed by atoms with Crippen LogP contribution in [0.2, 0.25) is 0 Å². The van der Waals surface area contributed by atoms with Crippen LogP contribution in [0.1, 0.15) is 26.2 Å². The molecule has 1 N–H and O–H groups in total. The monoisotopic (exact) mass is 288 g/mol. The standard InChI is InChI=1S/C11H16N2O5S/c1-7-10(15)12-9(14)6-13(7)11(16)8-4-2-3-5-19(8,17)18/h7-8H,2-6H2,1H3,(H,12,14,15). The molecular formula is C11H16N2O5S. The molecular weight excluding hydrogens is 272 g/mol. The number of carbonyl (C=O) groups excluding carboxylic acids is 3. The summed E-state index contributed by atoms with van der Waals surface area (Å²) in [7, 11) is -3.46. The summed E-state index contributed by atoms with van der Waals surface area (Å²) in [5.41, 5.74) is 0. The maximum absolute atomic E-state index is 12.3. The van der Waals surface area contributed by atoms with Crippen molar-refractivity contribution in [3.63, 3.8) is 0 Å². The van der Waals surface area contributed by atoms with Crippen molar-refractivity contribution in [2.75, 3.05) is 12.3 Å². The highest BCUT2D eigenvalue weighted by molar-refractivity contribution is 7.92. The topological polar surface area (TPSA) is 101 Å². The average Bonchev–Trinajstić information content (AvgIpc) is 2.32. The van der Waals surface area contributed by atoms with Gasteiger partial charge in [0.05, 0.1) is 5.75 Å². The molecule has 0 aliphatic carbocycles. The fourth-order valence-electron chi connectivity index (χ4n) is 2.40.